The second-order valence-corrected chi connectivity index (χ2v) is 5.48. The fourth-order valence-corrected chi connectivity index (χ4v) is 2.71. The van der Waals surface area contributed by atoms with Crippen molar-refractivity contribution in [2.45, 2.75) is 52.5 Å². The number of rotatable bonds is 4. The predicted molar refractivity (Wildman–Crippen MR) is 72.4 cm³/mol. The molecule has 0 bridgehead atoms. The number of aryl methyl sites for hydroxylation is 2. The van der Waals surface area contributed by atoms with E-state index in [1.165, 1.54) is 6.42 Å². The topological polar surface area (TPSA) is 81.2 Å². The summed E-state index contributed by atoms with van der Waals surface area (Å²) in [5, 5.41) is 2.93. The SMILES string of the molecule is Cc1nc(CNC(=O)C2(CN)CCCCC2)oc1C. The molecule has 1 fully saturated rings. The van der Waals surface area contributed by atoms with E-state index in [0.29, 0.717) is 19.0 Å². The first kappa shape index (κ1) is 14.1. The molecule has 2 rings (SSSR count). The number of oxazole rings is 1. The first-order valence-electron chi connectivity index (χ1n) is 6.99. The number of nitrogens with one attached hydrogen (secondary N) is 1. The lowest BCUT2D eigenvalue weighted by Gasteiger charge is -2.34. The summed E-state index contributed by atoms with van der Waals surface area (Å²) in [5.41, 5.74) is 6.33. The summed E-state index contributed by atoms with van der Waals surface area (Å²) < 4.78 is 5.46. The Morgan fingerprint density at radius 3 is 2.58 bits per heavy atom. The minimum absolute atomic E-state index is 0.0446. The zero-order valence-corrected chi connectivity index (χ0v) is 11.8. The van der Waals surface area contributed by atoms with Gasteiger partial charge in [0.1, 0.15) is 5.76 Å². The van der Waals surface area contributed by atoms with Gasteiger partial charge < -0.3 is 15.5 Å². The van der Waals surface area contributed by atoms with Crippen molar-refractivity contribution in [2.24, 2.45) is 11.1 Å². The number of aromatic nitrogens is 1. The number of carbonyl (C=O) groups excluding carboxylic acids is 1. The van der Waals surface area contributed by atoms with Crippen molar-refractivity contribution in [1.29, 1.82) is 0 Å². The normalized spacial score (nSPS) is 18.3. The van der Waals surface area contributed by atoms with Gasteiger partial charge in [0.2, 0.25) is 11.8 Å². The maximum absolute atomic E-state index is 12.4. The van der Waals surface area contributed by atoms with Crippen molar-refractivity contribution in [3.05, 3.63) is 17.3 Å². The maximum Gasteiger partial charge on any atom is 0.227 e. The third-order valence-electron chi connectivity index (χ3n) is 4.16. The molecule has 1 aromatic rings. The zero-order chi connectivity index (χ0) is 13.9. The third-order valence-corrected chi connectivity index (χ3v) is 4.16. The molecule has 0 spiro atoms. The molecule has 5 heteroatoms. The molecule has 1 saturated carbocycles. The minimum Gasteiger partial charge on any atom is -0.444 e. The summed E-state index contributed by atoms with van der Waals surface area (Å²) in [6.45, 7) is 4.53. The molecule has 1 amide bonds. The Morgan fingerprint density at radius 2 is 2.05 bits per heavy atom. The molecule has 0 aliphatic heterocycles. The van der Waals surface area contributed by atoms with Crippen LogP contribution in [0.4, 0.5) is 0 Å². The smallest absolute Gasteiger partial charge is 0.227 e. The van der Waals surface area contributed by atoms with Crippen LogP contribution in [-0.2, 0) is 11.3 Å². The van der Waals surface area contributed by atoms with E-state index in [0.717, 1.165) is 37.1 Å². The molecule has 0 aromatic carbocycles. The maximum atomic E-state index is 12.4. The van der Waals surface area contributed by atoms with Crippen LogP contribution in [0.1, 0.15) is 49.4 Å². The van der Waals surface area contributed by atoms with Crippen LogP contribution in [0.25, 0.3) is 0 Å². The van der Waals surface area contributed by atoms with E-state index < -0.39 is 0 Å². The fourth-order valence-electron chi connectivity index (χ4n) is 2.71. The van der Waals surface area contributed by atoms with Gasteiger partial charge in [0.05, 0.1) is 17.7 Å². The van der Waals surface area contributed by atoms with Gasteiger partial charge in [0.15, 0.2) is 0 Å². The van der Waals surface area contributed by atoms with Crippen molar-refractivity contribution in [2.75, 3.05) is 6.54 Å². The number of hydrogen-bond acceptors (Lipinski definition) is 4. The third kappa shape index (κ3) is 2.97. The monoisotopic (exact) mass is 265 g/mol. The molecule has 106 valence electrons. The number of nitrogens with two attached hydrogens (primary N) is 1. The van der Waals surface area contributed by atoms with Crippen LogP contribution in [-0.4, -0.2) is 17.4 Å². The lowest BCUT2D eigenvalue weighted by Crippen LogP contribution is -2.46. The summed E-state index contributed by atoms with van der Waals surface area (Å²) in [5.74, 6) is 1.41. The Labute approximate surface area is 114 Å². The Hall–Kier alpha value is -1.36. The van der Waals surface area contributed by atoms with Crippen LogP contribution < -0.4 is 11.1 Å². The lowest BCUT2D eigenvalue weighted by molar-refractivity contribution is -0.132. The largest absolute Gasteiger partial charge is 0.444 e. The van der Waals surface area contributed by atoms with Gasteiger partial charge in [-0.1, -0.05) is 19.3 Å². The predicted octanol–water partition coefficient (Wildman–Crippen LogP) is 1.82. The summed E-state index contributed by atoms with van der Waals surface area (Å²) in [7, 11) is 0. The lowest BCUT2D eigenvalue weighted by atomic mass is 9.73. The molecule has 1 heterocycles. The number of hydrogen-bond donors (Lipinski definition) is 2. The first-order chi connectivity index (χ1) is 9.07. The van der Waals surface area contributed by atoms with Crippen LogP contribution in [0, 0.1) is 19.3 Å². The van der Waals surface area contributed by atoms with Crippen molar-refractivity contribution in [3.63, 3.8) is 0 Å². The van der Waals surface area contributed by atoms with E-state index in [9.17, 15) is 4.79 Å². The van der Waals surface area contributed by atoms with Crippen molar-refractivity contribution in [3.8, 4) is 0 Å². The number of amides is 1. The Morgan fingerprint density at radius 1 is 1.37 bits per heavy atom. The second-order valence-electron chi connectivity index (χ2n) is 5.48. The van der Waals surface area contributed by atoms with E-state index in [1.54, 1.807) is 0 Å². The van der Waals surface area contributed by atoms with Crippen LogP contribution in [0.15, 0.2) is 4.42 Å². The molecule has 5 nitrogen and oxygen atoms in total. The van der Waals surface area contributed by atoms with Crippen LogP contribution >= 0.6 is 0 Å². The van der Waals surface area contributed by atoms with E-state index in [1.807, 2.05) is 13.8 Å². The molecule has 1 aromatic heterocycles. The van der Waals surface area contributed by atoms with Crippen LogP contribution in [0.3, 0.4) is 0 Å². The molecule has 19 heavy (non-hydrogen) atoms. The van der Waals surface area contributed by atoms with E-state index >= 15 is 0 Å². The van der Waals surface area contributed by atoms with Gasteiger partial charge in [0.25, 0.3) is 0 Å². The summed E-state index contributed by atoms with van der Waals surface area (Å²) in [4.78, 5) is 16.6. The van der Waals surface area contributed by atoms with Gasteiger partial charge in [-0.3, -0.25) is 4.79 Å². The summed E-state index contributed by atoms with van der Waals surface area (Å²) in [6, 6.07) is 0. The molecule has 0 unspecified atom stereocenters. The second kappa shape index (κ2) is 5.74. The molecular weight excluding hydrogens is 242 g/mol. The summed E-state index contributed by atoms with van der Waals surface area (Å²) >= 11 is 0. The van der Waals surface area contributed by atoms with Gasteiger partial charge in [-0.25, -0.2) is 4.98 Å². The number of nitrogens with zero attached hydrogens (tertiary/aromatic N) is 1. The molecule has 3 N–H and O–H groups in total. The molecule has 0 radical (unpaired) electrons. The highest BCUT2D eigenvalue weighted by Gasteiger charge is 2.38. The quantitative estimate of drug-likeness (QED) is 0.870. The highest BCUT2D eigenvalue weighted by atomic mass is 16.4. The Bertz CT molecular complexity index is 428. The highest BCUT2D eigenvalue weighted by Crippen LogP contribution is 2.35. The number of carbonyl (C=O) groups is 1. The van der Waals surface area contributed by atoms with Gasteiger partial charge in [-0.15, -0.1) is 0 Å². The average molecular weight is 265 g/mol. The molecule has 0 atom stereocenters. The standard InChI is InChI=1S/C14H23N3O2/c1-10-11(2)19-12(17-10)8-16-13(18)14(9-15)6-4-3-5-7-14/h3-9,15H2,1-2H3,(H,16,18). The average Bonchev–Trinajstić information content (AvgIpc) is 2.76. The van der Waals surface area contributed by atoms with Crippen LogP contribution in [0.5, 0.6) is 0 Å². The minimum atomic E-state index is -0.380. The zero-order valence-electron chi connectivity index (χ0n) is 11.8. The van der Waals surface area contributed by atoms with E-state index in [2.05, 4.69) is 10.3 Å². The highest BCUT2D eigenvalue weighted by molar-refractivity contribution is 5.82. The van der Waals surface area contributed by atoms with Crippen LogP contribution in [0.2, 0.25) is 0 Å². The molecular formula is C14H23N3O2. The Balaban J connectivity index is 1.96. The van der Waals surface area contributed by atoms with Crippen molar-refractivity contribution in [1.82, 2.24) is 10.3 Å². The Kier molecular flexibility index (Phi) is 4.24. The van der Waals surface area contributed by atoms with Crippen molar-refractivity contribution < 1.29 is 9.21 Å². The molecule has 0 saturated heterocycles. The van der Waals surface area contributed by atoms with Crippen molar-refractivity contribution >= 4 is 5.91 Å². The van der Waals surface area contributed by atoms with Gasteiger partial charge in [-0.2, -0.15) is 0 Å². The first-order valence-corrected chi connectivity index (χ1v) is 6.99. The van der Waals surface area contributed by atoms with E-state index in [4.69, 9.17) is 10.2 Å². The molecule has 1 aliphatic carbocycles. The molecule has 1 aliphatic rings. The summed E-state index contributed by atoms with van der Waals surface area (Å²) in [6.07, 6.45) is 5.15. The van der Waals surface area contributed by atoms with Gasteiger partial charge >= 0.3 is 0 Å². The van der Waals surface area contributed by atoms with Gasteiger partial charge in [0, 0.05) is 6.54 Å². The van der Waals surface area contributed by atoms with Gasteiger partial charge in [-0.05, 0) is 26.7 Å². The fraction of sp³-hybridized carbons (Fsp3) is 0.714. The van der Waals surface area contributed by atoms with E-state index in [-0.39, 0.29) is 11.3 Å².